The zero-order valence-corrected chi connectivity index (χ0v) is 14.1. The normalized spacial score (nSPS) is 26.0. The monoisotopic (exact) mass is 304 g/mol. The van der Waals surface area contributed by atoms with Gasteiger partial charge in [-0.2, -0.15) is 5.10 Å². The molecule has 5 heteroatoms. The van der Waals surface area contributed by atoms with E-state index in [1.165, 1.54) is 19.4 Å². The number of aryl methyl sites for hydroxylation is 2. The predicted molar refractivity (Wildman–Crippen MR) is 87.0 cm³/mol. The van der Waals surface area contributed by atoms with E-state index in [2.05, 4.69) is 21.8 Å². The zero-order valence-electron chi connectivity index (χ0n) is 14.1. The predicted octanol–water partition coefficient (Wildman–Crippen LogP) is 2.30. The van der Waals surface area contributed by atoms with Gasteiger partial charge in [0.1, 0.15) is 5.69 Å². The van der Waals surface area contributed by atoms with Gasteiger partial charge in [-0.25, -0.2) is 0 Å². The second kappa shape index (κ2) is 6.41. The van der Waals surface area contributed by atoms with Crippen LogP contribution in [-0.4, -0.2) is 57.2 Å². The van der Waals surface area contributed by atoms with Crippen LogP contribution in [0.3, 0.4) is 0 Å². The minimum Gasteiger partial charge on any atom is -0.333 e. The molecule has 0 bridgehead atoms. The molecule has 3 rings (SSSR count). The highest BCUT2D eigenvalue weighted by Gasteiger charge is 2.40. The molecule has 0 N–H and O–H groups in total. The average Bonchev–Trinajstić information content (AvgIpc) is 3.23. The lowest BCUT2D eigenvalue weighted by Gasteiger charge is -2.34. The maximum Gasteiger partial charge on any atom is 0.272 e. The Morgan fingerprint density at radius 3 is 2.64 bits per heavy atom. The second-order valence-corrected chi connectivity index (χ2v) is 6.53. The van der Waals surface area contributed by atoms with Crippen molar-refractivity contribution in [3.63, 3.8) is 0 Å². The van der Waals surface area contributed by atoms with Crippen molar-refractivity contribution >= 4 is 5.91 Å². The lowest BCUT2D eigenvalue weighted by atomic mass is 10.0. The summed E-state index contributed by atoms with van der Waals surface area (Å²) in [4.78, 5) is 17.7. The molecule has 0 aliphatic carbocycles. The first-order valence-electron chi connectivity index (χ1n) is 8.75. The maximum atomic E-state index is 13.0. The molecule has 2 unspecified atom stereocenters. The quantitative estimate of drug-likeness (QED) is 0.857. The summed E-state index contributed by atoms with van der Waals surface area (Å²) in [6, 6.07) is 2.87. The first-order chi connectivity index (χ1) is 10.7. The number of hydrogen-bond acceptors (Lipinski definition) is 3. The van der Waals surface area contributed by atoms with Crippen molar-refractivity contribution in [2.45, 2.75) is 65.1 Å². The summed E-state index contributed by atoms with van der Waals surface area (Å²) in [7, 11) is 0. The first kappa shape index (κ1) is 15.5. The van der Waals surface area contributed by atoms with E-state index in [4.69, 9.17) is 0 Å². The number of likely N-dealkylation sites (tertiary alicyclic amines) is 2. The molecule has 122 valence electrons. The smallest absolute Gasteiger partial charge is 0.272 e. The SMILES string of the molecule is CCN1CCCC1C1CCCN1C(=O)c1cc(C)nn1CC. The number of rotatable bonds is 4. The van der Waals surface area contributed by atoms with Gasteiger partial charge in [0.25, 0.3) is 5.91 Å². The van der Waals surface area contributed by atoms with E-state index in [1.54, 1.807) is 0 Å². The summed E-state index contributed by atoms with van der Waals surface area (Å²) < 4.78 is 1.85. The van der Waals surface area contributed by atoms with Gasteiger partial charge in [-0.15, -0.1) is 0 Å². The molecule has 0 aromatic carbocycles. The van der Waals surface area contributed by atoms with Crippen LogP contribution < -0.4 is 0 Å². The highest BCUT2D eigenvalue weighted by Crippen LogP contribution is 2.30. The van der Waals surface area contributed by atoms with Crippen LogP contribution in [0, 0.1) is 6.92 Å². The van der Waals surface area contributed by atoms with Crippen molar-refractivity contribution in [1.29, 1.82) is 0 Å². The number of carbonyl (C=O) groups excluding carboxylic acids is 1. The van der Waals surface area contributed by atoms with Crippen LogP contribution >= 0.6 is 0 Å². The van der Waals surface area contributed by atoms with E-state index in [9.17, 15) is 4.79 Å². The molecule has 1 aromatic rings. The molecular formula is C17H28N4O. The average molecular weight is 304 g/mol. The van der Waals surface area contributed by atoms with Crippen LogP contribution in [-0.2, 0) is 6.54 Å². The van der Waals surface area contributed by atoms with Crippen LogP contribution in [0.5, 0.6) is 0 Å². The van der Waals surface area contributed by atoms with Crippen LogP contribution in [0.15, 0.2) is 6.07 Å². The van der Waals surface area contributed by atoms with Crippen LogP contribution in [0.1, 0.15) is 55.7 Å². The molecule has 2 aliphatic rings. The second-order valence-electron chi connectivity index (χ2n) is 6.53. The minimum atomic E-state index is 0.174. The molecule has 1 aromatic heterocycles. The third-order valence-corrected chi connectivity index (χ3v) is 5.25. The summed E-state index contributed by atoms with van der Waals surface area (Å²) in [6.45, 7) is 10.2. The topological polar surface area (TPSA) is 41.4 Å². The van der Waals surface area contributed by atoms with Crippen molar-refractivity contribution in [3.05, 3.63) is 17.5 Å². The Kier molecular flexibility index (Phi) is 4.52. The van der Waals surface area contributed by atoms with Gasteiger partial charge in [0, 0.05) is 25.2 Å². The van der Waals surface area contributed by atoms with Gasteiger partial charge in [-0.1, -0.05) is 6.92 Å². The molecular weight excluding hydrogens is 276 g/mol. The van der Waals surface area contributed by atoms with Crippen molar-refractivity contribution < 1.29 is 4.79 Å². The summed E-state index contributed by atoms with van der Waals surface area (Å²) >= 11 is 0. The molecule has 2 atom stereocenters. The molecule has 0 saturated carbocycles. The highest BCUT2D eigenvalue weighted by molar-refractivity contribution is 5.93. The Morgan fingerprint density at radius 2 is 1.91 bits per heavy atom. The Balaban J connectivity index is 1.82. The number of amides is 1. The van der Waals surface area contributed by atoms with Gasteiger partial charge in [-0.05, 0) is 58.7 Å². The van der Waals surface area contributed by atoms with Crippen molar-refractivity contribution in [2.75, 3.05) is 19.6 Å². The summed E-state index contributed by atoms with van der Waals surface area (Å²) in [6.07, 6.45) is 4.77. The summed E-state index contributed by atoms with van der Waals surface area (Å²) in [5.74, 6) is 0.174. The standard InChI is InChI=1S/C17H28N4O/c1-4-19-10-6-8-14(19)15-9-7-11-20(15)17(22)16-12-13(3)18-21(16)5-2/h12,14-15H,4-11H2,1-3H3. The van der Waals surface area contributed by atoms with E-state index in [0.29, 0.717) is 12.1 Å². The Morgan fingerprint density at radius 1 is 1.18 bits per heavy atom. The van der Waals surface area contributed by atoms with Gasteiger partial charge in [0.2, 0.25) is 0 Å². The van der Waals surface area contributed by atoms with Gasteiger partial charge in [0.05, 0.1) is 5.69 Å². The lowest BCUT2D eigenvalue weighted by molar-refractivity contribution is 0.0637. The Hall–Kier alpha value is -1.36. The molecule has 2 saturated heterocycles. The fourth-order valence-corrected chi connectivity index (χ4v) is 4.23. The molecule has 1 amide bonds. The number of likely N-dealkylation sites (N-methyl/N-ethyl adjacent to an activating group) is 1. The number of carbonyl (C=O) groups is 1. The first-order valence-corrected chi connectivity index (χ1v) is 8.75. The number of nitrogens with zero attached hydrogens (tertiary/aromatic N) is 4. The number of aromatic nitrogens is 2. The van der Waals surface area contributed by atoms with E-state index in [0.717, 1.165) is 43.9 Å². The van der Waals surface area contributed by atoms with Gasteiger partial charge in [-0.3, -0.25) is 14.4 Å². The summed E-state index contributed by atoms with van der Waals surface area (Å²) in [5.41, 5.74) is 1.69. The highest BCUT2D eigenvalue weighted by atomic mass is 16.2. The molecule has 0 radical (unpaired) electrons. The van der Waals surface area contributed by atoms with Crippen LogP contribution in [0.4, 0.5) is 0 Å². The Labute approximate surface area is 133 Å². The Bertz CT molecular complexity index is 539. The van der Waals surface area contributed by atoms with Gasteiger partial charge >= 0.3 is 0 Å². The van der Waals surface area contributed by atoms with Crippen LogP contribution in [0.2, 0.25) is 0 Å². The van der Waals surface area contributed by atoms with E-state index in [1.807, 2.05) is 24.6 Å². The molecule has 22 heavy (non-hydrogen) atoms. The number of hydrogen-bond donors (Lipinski definition) is 0. The van der Waals surface area contributed by atoms with E-state index in [-0.39, 0.29) is 5.91 Å². The van der Waals surface area contributed by atoms with Crippen molar-refractivity contribution in [3.8, 4) is 0 Å². The van der Waals surface area contributed by atoms with Crippen molar-refractivity contribution in [2.24, 2.45) is 0 Å². The third-order valence-electron chi connectivity index (χ3n) is 5.25. The zero-order chi connectivity index (χ0) is 15.7. The molecule has 5 nitrogen and oxygen atoms in total. The van der Waals surface area contributed by atoms with Crippen LogP contribution in [0.25, 0.3) is 0 Å². The van der Waals surface area contributed by atoms with Gasteiger partial charge < -0.3 is 4.90 Å². The molecule has 2 aliphatic heterocycles. The van der Waals surface area contributed by atoms with E-state index >= 15 is 0 Å². The molecule has 0 spiro atoms. The van der Waals surface area contributed by atoms with Crippen molar-refractivity contribution in [1.82, 2.24) is 19.6 Å². The van der Waals surface area contributed by atoms with E-state index < -0.39 is 0 Å². The fraction of sp³-hybridized carbons (Fsp3) is 0.765. The summed E-state index contributed by atoms with van der Waals surface area (Å²) in [5, 5.41) is 4.43. The maximum absolute atomic E-state index is 13.0. The third kappa shape index (κ3) is 2.67. The minimum absolute atomic E-state index is 0.174. The largest absolute Gasteiger partial charge is 0.333 e. The fourth-order valence-electron chi connectivity index (χ4n) is 4.23. The lowest BCUT2D eigenvalue weighted by Crippen LogP contribution is -2.48. The molecule has 2 fully saturated rings. The molecule has 3 heterocycles. The van der Waals surface area contributed by atoms with Gasteiger partial charge in [0.15, 0.2) is 0 Å².